The molecule has 0 rings (SSSR count). The summed E-state index contributed by atoms with van der Waals surface area (Å²) in [6.45, 7) is 4.54. The van der Waals surface area contributed by atoms with Gasteiger partial charge in [-0.25, -0.2) is 0 Å². The number of ether oxygens (including phenoxy) is 4. The molecular weight excluding hydrogens is 959 g/mol. The maximum Gasteiger partial charge on any atom is 0.306 e. The Morgan fingerprint density at radius 3 is 1.10 bits per heavy atom. The monoisotopic (exact) mass is 1070 g/mol. The van der Waals surface area contributed by atoms with Gasteiger partial charge in [-0.3, -0.25) is 9.59 Å². The van der Waals surface area contributed by atoms with Crippen LogP contribution in [0.3, 0.4) is 0 Å². The van der Waals surface area contributed by atoms with Gasteiger partial charge in [0.2, 0.25) is 0 Å². The lowest BCUT2D eigenvalue weighted by molar-refractivity contribution is -0.870. The summed E-state index contributed by atoms with van der Waals surface area (Å²) in [5.74, 6) is -2.31. The van der Waals surface area contributed by atoms with Gasteiger partial charge in [0.15, 0.2) is 12.4 Å². The summed E-state index contributed by atoms with van der Waals surface area (Å²) < 4.78 is 22.6. The van der Waals surface area contributed by atoms with Crippen LogP contribution in [-0.4, -0.2) is 82.3 Å². The summed E-state index contributed by atoms with van der Waals surface area (Å²) >= 11 is 0. The molecule has 0 saturated heterocycles. The summed E-state index contributed by atoms with van der Waals surface area (Å²) in [5.41, 5.74) is 0. The van der Waals surface area contributed by atoms with Gasteiger partial charge in [0, 0.05) is 12.8 Å². The quantitative estimate of drug-likeness (QED) is 0.0195. The Balaban J connectivity index is 4.08. The Labute approximate surface area is 472 Å². The van der Waals surface area contributed by atoms with E-state index in [2.05, 4.69) is 135 Å². The van der Waals surface area contributed by atoms with Crippen molar-refractivity contribution in [2.45, 2.75) is 245 Å². The number of esters is 2. The SMILES string of the molecule is CC/C=C\C/C=C\C/C=C\C/C=C\C/C=C\C/C=C\C/C=C\C/C=C\CCCCCCCCCCCCCCCCC(=O)OC(COC(=O)CCCCCCC/C=C\C/C=C\CCC)COC(OCC[N+](C)(C)C)C(=O)[O-]. The Morgan fingerprint density at radius 2 is 0.740 bits per heavy atom. The van der Waals surface area contributed by atoms with E-state index in [0.29, 0.717) is 17.4 Å². The van der Waals surface area contributed by atoms with E-state index in [9.17, 15) is 19.5 Å². The molecule has 0 bridgehead atoms. The molecule has 2 unspecified atom stereocenters. The Bertz CT molecular complexity index is 1670. The molecule has 0 aliphatic rings. The number of aliphatic carboxylic acids is 1. The minimum absolute atomic E-state index is 0.141. The number of rotatable bonds is 55. The lowest BCUT2D eigenvalue weighted by atomic mass is 10.0. The topological polar surface area (TPSA) is 111 Å². The second-order valence-corrected chi connectivity index (χ2v) is 21.3. The molecule has 9 heteroatoms. The number of quaternary nitrogens is 1. The summed E-state index contributed by atoms with van der Waals surface area (Å²) in [4.78, 5) is 37.2. The number of unbranched alkanes of at least 4 members (excludes halogenated alkanes) is 20. The van der Waals surface area contributed by atoms with Gasteiger partial charge >= 0.3 is 11.9 Å². The summed E-state index contributed by atoms with van der Waals surface area (Å²) in [6, 6.07) is 0. The highest BCUT2D eigenvalue weighted by Crippen LogP contribution is 2.15. The van der Waals surface area contributed by atoms with Crippen molar-refractivity contribution in [1.82, 2.24) is 0 Å². The average molecular weight is 1070 g/mol. The molecule has 0 aliphatic carbocycles. The van der Waals surface area contributed by atoms with Crippen LogP contribution < -0.4 is 5.11 Å². The molecule has 0 amide bonds. The third kappa shape index (κ3) is 59.2. The van der Waals surface area contributed by atoms with Gasteiger partial charge in [-0.15, -0.1) is 0 Å². The number of hydrogen-bond donors (Lipinski definition) is 0. The lowest BCUT2D eigenvalue weighted by Gasteiger charge is -2.26. The fourth-order valence-electron chi connectivity index (χ4n) is 8.00. The van der Waals surface area contributed by atoms with Crippen LogP contribution in [0.15, 0.2) is 122 Å². The van der Waals surface area contributed by atoms with Crippen LogP contribution >= 0.6 is 0 Å². The van der Waals surface area contributed by atoms with Crippen molar-refractivity contribution < 1.29 is 42.9 Å². The van der Waals surface area contributed by atoms with E-state index in [4.69, 9.17) is 18.9 Å². The van der Waals surface area contributed by atoms with Crippen molar-refractivity contribution in [1.29, 1.82) is 0 Å². The van der Waals surface area contributed by atoms with E-state index in [1.165, 1.54) is 77.0 Å². The van der Waals surface area contributed by atoms with E-state index in [0.717, 1.165) is 122 Å². The second kappa shape index (κ2) is 57.9. The fourth-order valence-corrected chi connectivity index (χ4v) is 8.00. The van der Waals surface area contributed by atoms with Crippen LogP contribution in [-0.2, 0) is 33.3 Å². The first-order chi connectivity index (χ1) is 37.6. The molecule has 0 aliphatic heterocycles. The molecule has 0 N–H and O–H groups in total. The molecule has 0 aromatic heterocycles. The average Bonchev–Trinajstić information content (AvgIpc) is 3.40. The van der Waals surface area contributed by atoms with Crippen molar-refractivity contribution in [3.8, 4) is 0 Å². The minimum atomic E-state index is -1.63. The molecule has 0 aromatic rings. The summed E-state index contributed by atoms with van der Waals surface area (Å²) in [5, 5.41) is 11.8. The van der Waals surface area contributed by atoms with E-state index >= 15 is 0 Å². The van der Waals surface area contributed by atoms with Crippen LogP contribution in [0, 0.1) is 0 Å². The first kappa shape index (κ1) is 72.7. The molecule has 0 spiro atoms. The molecule has 0 radical (unpaired) electrons. The molecule has 9 nitrogen and oxygen atoms in total. The second-order valence-electron chi connectivity index (χ2n) is 21.3. The third-order valence-corrected chi connectivity index (χ3v) is 12.7. The van der Waals surface area contributed by atoms with E-state index in [1.807, 2.05) is 21.1 Å². The Kier molecular flexibility index (Phi) is 54.6. The smallest absolute Gasteiger partial charge is 0.306 e. The molecule has 0 aromatic carbocycles. The predicted octanol–water partition coefficient (Wildman–Crippen LogP) is 17.1. The Hall–Kier alpha value is -4.31. The normalized spacial score (nSPS) is 13.6. The number of allylic oxidation sites excluding steroid dienone is 20. The van der Waals surface area contributed by atoms with E-state index < -0.39 is 24.3 Å². The number of carboxylic acid groups (broad SMARTS) is 1. The first-order valence-electron chi connectivity index (χ1n) is 30.7. The zero-order valence-electron chi connectivity index (χ0n) is 49.8. The molecule has 77 heavy (non-hydrogen) atoms. The number of carbonyl (C=O) groups excluding carboxylic acids is 3. The zero-order chi connectivity index (χ0) is 56.2. The van der Waals surface area contributed by atoms with Crippen LogP contribution in [0.5, 0.6) is 0 Å². The molecule has 438 valence electrons. The largest absolute Gasteiger partial charge is 0.545 e. The van der Waals surface area contributed by atoms with Gasteiger partial charge in [-0.2, -0.15) is 0 Å². The minimum Gasteiger partial charge on any atom is -0.545 e. The van der Waals surface area contributed by atoms with Gasteiger partial charge in [-0.1, -0.05) is 238 Å². The number of carbonyl (C=O) groups is 3. The number of carboxylic acids is 1. The van der Waals surface area contributed by atoms with Crippen molar-refractivity contribution in [2.24, 2.45) is 0 Å². The number of hydrogen-bond acceptors (Lipinski definition) is 8. The van der Waals surface area contributed by atoms with Crippen molar-refractivity contribution >= 4 is 17.9 Å². The van der Waals surface area contributed by atoms with Crippen LogP contribution in [0.2, 0.25) is 0 Å². The highest BCUT2D eigenvalue weighted by molar-refractivity contribution is 5.70. The number of likely N-dealkylation sites (N-methyl/N-ethyl adjacent to an activating group) is 1. The first-order valence-corrected chi connectivity index (χ1v) is 30.7. The molecule has 2 atom stereocenters. The molecule has 0 saturated carbocycles. The molecule has 0 fully saturated rings. The van der Waals surface area contributed by atoms with Crippen molar-refractivity contribution in [3.63, 3.8) is 0 Å². The van der Waals surface area contributed by atoms with Crippen LogP contribution in [0.4, 0.5) is 0 Å². The zero-order valence-corrected chi connectivity index (χ0v) is 49.8. The molecule has 0 heterocycles. The highest BCUT2D eigenvalue weighted by Gasteiger charge is 2.22. The predicted molar refractivity (Wildman–Crippen MR) is 324 cm³/mol. The lowest BCUT2D eigenvalue weighted by Crippen LogP contribution is -2.44. The van der Waals surface area contributed by atoms with E-state index in [1.54, 1.807) is 0 Å². The highest BCUT2D eigenvalue weighted by atomic mass is 16.7. The molecular formula is C68H113NO8. The van der Waals surface area contributed by atoms with Crippen molar-refractivity contribution in [2.75, 3.05) is 47.5 Å². The van der Waals surface area contributed by atoms with Gasteiger partial charge in [0.1, 0.15) is 13.2 Å². The fraction of sp³-hybridized carbons (Fsp3) is 0.662. The summed E-state index contributed by atoms with van der Waals surface area (Å²) in [6.07, 6.45) is 78.4. The van der Waals surface area contributed by atoms with Gasteiger partial charge in [0.05, 0.1) is 40.3 Å². The summed E-state index contributed by atoms with van der Waals surface area (Å²) in [7, 11) is 5.91. The van der Waals surface area contributed by atoms with Gasteiger partial charge in [0.25, 0.3) is 0 Å². The van der Waals surface area contributed by atoms with E-state index in [-0.39, 0.29) is 38.6 Å². The Morgan fingerprint density at radius 1 is 0.403 bits per heavy atom. The van der Waals surface area contributed by atoms with Gasteiger partial charge < -0.3 is 33.3 Å². The maximum atomic E-state index is 12.9. The van der Waals surface area contributed by atoms with Crippen molar-refractivity contribution in [3.05, 3.63) is 122 Å². The standard InChI is InChI=1S/C68H113NO8/c1-6-8-10-12-14-16-18-20-21-22-23-24-25-26-27-28-29-30-31-32-33-34-35-36-37-38-39-40-41-42-43-44-45-47-49-51-53-55-57-59-66(71)77-64(63-76-68(67(72)73)74-61-60-69(3,4)5)62-75-65(70)58-56-54-52-50-48-46-19-17-15-13-11-9-7-2/h8,10-11,13-14,16-17,19-21,23-24,26-27,29-30,32-33,35-36,64,68H,6-7,9,12,15,18,22,25,28,31,34,37-63H2,1-5H3/b10-8-,13-11-,16-14-,19-17-,21-20-,24-23-,27-26-,30-29-,33-32-,36-35-. The maximum absolute atomic E-state index is 12.9. The van der Waals surface area contributed by atoms with Crippen LogP contribution in [0.25, 0.3) is 0 Å². The number of nitrogens with zero attached hydrogens (tertiary/aromatic N) is 1. The van der Waals surface area contributed by atoms with Crippen LogP contribution in [0.1, 0.15) is 232 Å². The van der Waals surface area contributed by atoms with Gasteiger partial charge in [-0.05, 0) is 103 Å². The third-order valence-electron chi connectivity index (χ3n) is 12.7.